The molecule has 0 unspecified atom stereocenters. The third-order valence-corrected chi connectivity index (χ3v) is 3.36. The van der Waals surface area contributed by atoms with Crippen molar-refractivity contribution in [3.05, 3.63) is 58.9 Å². The average Bonchev–Trinajstić information content (AvgIpc) is 2.39. The fourth-order valence-electron chi connectivity index (χ4n) is 2.31. The SMILES string of the molecule is Cc1ccc(OC(=O)c2ccc(C(C)(C)C)c(C)c2)cn1. The van der Waals surface area contributed by atoms with E-state index in [1.165, 1.54) is 5.56 Å². The van der Waals surface area contributed by atoms with Crippen molar-refractivity contribution < 1.29 is 9.53 Å². The van der Waals surface area contributed by atoms with Crippen molar-refractivity contribution in [2.75, 3.05) is 0 Å². The number of aromatic nitrogens is 1. The number of ether oxygens (including phenoxy) is 1. The quantitative estimate of drug-likeness (QED) is 0.775. The molecule has 0 N–H and O–H groups in total. The fourth-order valence-corrected chi connectivity index (χ4v) is 2.31. The van der Waals surface area contributed by atoms with Gasteiger partial charge < -0.3 is 4.74 Å². The largest absolute Gasteiger partial charge is 0.421 e. The molecular weight excluding hydrogens is 262 g/mol. The fraction of sp³-hybridized carbons (Fsp3) is 0.333. The Morgan fingerprint density at radius 3 is 2.33 bits per heavy atom. The summed E-state index contributed by atoms with van der Waals surface area (Å²) in [6.45, 7) is 10.4. The summed E-state index contributed by atoms with van der Waals surface area (Å²) in [5, 5.41) is 0. The molecule has 2 aromatic rings. The summed E-state index contributed by atoms with van der Waals surface area (Å²) in [5.41, 5.74) is 3.84. The highest BCUT2D eigenvalue weighted by Gasteiger charge is 2.18. The van der Waals surface area contributed by atoms with Crippen molar-refractivity contribution in [1.29, 1.82) is 0 Å². The number of carbonyl (C=O) groups is 1. The Labute approximate surface area is 126 Å². The number of carbonyl (C=O) groups excluding carboxylic acids is 1. The molecule has 0 aliphatic rings. The summed E-state index contributed by atoms with van der Waals surface area (Å²) in [7, 11) is 0. The standard InChI is InChI=1S/C18H21NO2/c1-12-10-14(7-9-16(12)18(3,4)5)17(20)21-15-8-6-13(2)19-11-15/h6-11H,1-5H3. The Bertz CT molecular complexity index is 652. The second-order valence-corrected chi connectivity index (χ2v) is 6.30. The minimum atomic E-state index is -0.357. The number of esters is 1. The van der Waals surface area contributed by atoms with Crippen molar-refractivity contribution in [2.24, 2.45) is 0 Å². The van der Waals surface area contributed by atoms with Crippen molar-refractivity contribution in [3.63, 3.8) is 0 Å². The number of rotatable bonds is 2. The molecule has 1 heterocycles. The lowest BCUT2D eigenvalue weighted by molar-refractivity contribution is 0.0734. The van der Waals surface area contributed by atoms with E-state index < -0.39 is 0 Å². The molecule has 0 aliphatic carbocycles. The molecule has 1 aromatic carbocycles. The van der Waals surface area contributed by atoms with E-state index in [1.54, 1.807) is 12.3 Å². The molecule has 110 valence electrons. The molecule has 0 atom stereocenters. The smallest absolute Gasteiger partial charge is 0.343 e. The van der Waals surface area contributed by atoms with Gasteiger partial charge in [-0.3, -0.25) is 4.98 Å². The first-order chi connectivity index (χ1) is 9.77. The van der Waals surface area contributed by atoms with E-state index >= 15 is 0 Å². The minimum Gasteiger partial charge on any atom is -0.421 e. The predicted octanol–water partition coefficient (Wildman–Crippen LogP) is 4.22. The van der Waals surface area contributed by atoms with Gasteiger partial charge in [0.2, 0.25) is 0 Å². The van der Waals surface area contributed by atoms with E-state index in [-0.39, 0.29) is 11.4 Å². The van der Waals surface area contributed by atoms with Crippen LogP contribution >= 0.6 is 0 Å². The molecule has 0 saturated carbocycles. The molecule has 3 nitrogen and oxygen atoms in total. The molecule has 21 heavy (non-hydrogen) atoms. The molecule has 0 spiro atoms. The minimum absolute atomic E-state index is 0.0629. The molecule has 0 fully saturated rings. The molecule has 0 amide bonds. The van der Waals surface area contributed by atoms with Gasteiger partial charge in [0, 0.05) is 5.69 Å². The Balaban J connectivity index is 2.20. The van der Waals surface area contributed by atoms with Crippen LogP contribution < -0.4 is 4.74 Å². The van der Waals surface area contributed by atoms with Gasteiger partial charge in [0.15, 0.2) is 0 Å². The van der Waals surface area contributed by atoms with Crippen molar-refractivity contribution in [3.8, 4) is 5.75 Å². The number of aryl methyl sites for hydroxylation is 2. The summed E-state index contributed by atoms with van der Waals surface area (Å²) >= 11 is 0. The maximum atomic E-state index is 12.2. The van der Waals surface area contributed by atoms with Crippen LogP contribution in [-0.4, -0.2) is 11.0 Å². The normalized spacial score (nSPS) is 11.3. The van der Waals surface area contributed by atoms with Gasteiger partial charge in [0.25, 0.3) is 0 Å². The Morgan fingerprint density at radius 2 is 1.81 bits per heavy atom. The highest BCUT2D eigenvalue weighted by atomic mass is 16.5. The number of benzene rings is 1. The van der Waals surface area contributed by atoms with Crippen LogP contribution in [0.5, 0.6) is 5.75 Å². The van der Waals surface area contributed by atoms with Gasteiger partial charge in [0.05, 0.1) is 11.8 Å². The molecular formula is C18H21NO2. The van der Waals surface area contributed by atoms with E-state index in [2.05, 4.69) is 25.8 Å². The molecule has 0 saturated heterocycles. The van der Waals surface area contributed by atoms with Crippen LogP contribution in [-0.2, 0) is 5.41 Å². The first-order valence-electron chi connectivity index (χ1n) is 7.03. The third kappa shape index (κ3) is 3.69. The molecule has 0 aliphatic heterocycles. The highest BCUT2D eigenvalue weighted by molar-refractivity contribution is 5.91. The van der Waals surface area contributed by atoms with Crippen LogP contribution in [0.4, 0.5) is 0 Å². The maximum Gasteiger partial charge on any atom is 0.343 e. The molecule has 2 rings (SSSR count). The maximum absolute atomic E-state index is 12.2. The zero-order valence-electron chi connectivity index (χ0n) is 13.2. The lowest BCUT2D eigenvalue weighted by Gasteiger charge is -2.22. The van der Waals surface area contributed by atoms with Crippen molar-refractivity contribution >= 4 is 5.97 Å². The second-order valence-electron chi connectivity index (χ2n) is 6.30. The Kier molecular flexibility index (Phi) is 4.12. The van der Waals surface area contributed by atoms with E-state index in [4.69, 9.17) is 4.74 Å². The summed E-state index contributed by atoms with van der Waals surface area (Å²) < 4.78 is 5.33. The van der Waals surface area contributed by atoms with Gasteiger partial charge >= 0.3 is 5.97 Å². The van der Waals surface area contributed by atoms with Crippen LogP contribution in [0.3, 0.4) is 0 Å². The number of hydrogen-bond donors (Lipinski definition) is 0. The summed E-state index contributed by atoms with van der Waals surface area (Å²) in [4.78, 5) is 16.3. The first-order valence-corrected chi connectivity index (χ1v) is 7.03. The van der Waals surface area contributed by atoms with E-state index in [9.17, 15) is 4.79 Å². The lowest BCUT2D eigenvalue weighted by atomic mass is 9.83. The number of nitrogens with zero attached hydrogens (tertiary/aromatic N) is 1. The molecule has 1 aromatic heterocycles. The van der Waals surface area contributed by atoms with Gasteiger partial charge in [-0.05, 0) is 54.7 Å². The van der Waals surface area contributed by atoms with Gasteiger partial charge in [-0.2, -0.15) is 0 Å². The number of hydrogen-bond acceptors (Lipinski definition) is 3. The summed E-state index contributed by atoms with van der Waals surface area (Å²) in [5.74, 6) is 0.104. The molecule has 0 radical (unpaired) electrons. The van der Waals surface area contributed by atoms with Crippen LogP contribution in [0.15, 0.2) is 36.5 Å². The van der Waals surface area contributed by atoms with Crippen LogP contribution in [0.25, 0.3) is 0 Å². The number of pyridine rings is 1. The van der Waals surface area contributed by atoms with E-state index in [0.717, 1.165) is 11.3 Å². The summed E-state index contributed by atoms with van der Waals surface area (Å²) in [6, 6.07) is 9.26. The zero-order valence-corrected chi connectivity index (χ0v) is 13.2. The van der Waals surface area contributed by atoms with Crippen LogP contribution in [0, 0.1) is 13.8 Å². The van der Waals surface area contributed by atoms with Gasteiger partial charge in [-0.15, -0.1) is 0 Å². The topological polar surface area (TPSA) is 39.2 Å². The van der Waals surface area contributed by atoms with Gasteiger partial charge in [0.1, 0.15) is 5.75 Å². The third-order valence-electron chi connectivity index (χ3n) is 3.36. The average molecular weight is 283 g/mol. The van der Waals surface area contributed by atoms with Crippen LogP contribution in [0.1, 0.15) is 48.0 Å². The predicted molar refractivity (Wildman–Crippen MR) is 83.8 cm³/mol. The van der Waals surface area contributed by atoms with E-state index in [1.807, 2.05) is 38.1 Å². The Morgan fingerprint density at radius 1 is 1.10 bits per heavy atom. The van der Waals surface area contributed by atoms with Gasteiger partial charge in [-0.1, -0.05) is 26.8 Å². The Hall–Kier alpha value is -2.16. The first kappa shape index (κ1) is 15.2. The molecule has 3 heteroatoms. The van der Waals surface area contributed by atoms with Crippen molar-refractivity contribution in [2.45, 2.75) is 40.0 Å². The molecule has 0 bridgehead atoms. The second kappa shape index (κ2) is 5.68. The summed E-state index contributed by atoms with van der Waals surface area (Å²) in [6.07, 6.45) is 1.56. The monoisotopic (exact) mass is 283 g/mol. The van der Waals surface area contributed by atoms with Crippen molar-refractivity contribution in [1.82, 2.24) is 4.98 Å². The lowest BCUT2D eigenvalue weighted by Crippen LogP contribution is -2.15. The zero-order chi connectivity index (χ0) is 15.6. The van der Waals surface area contributed by atoms with Crippen LogP contribution in [0.2, 0.25) is 0 Å². The van der Waals surface area contributed by atoms with E-state index in [0.29, 0.717) is 11.3 Å². The van der Waals surface area contributed by atoms with Gasteiger partial charge in [-0.25, -0.2) is 4.79 Å². The highest BCUT2D eigenvalue weighted by Crippen LogP contribution is 2.26.